The van der Waals surface area contributed by atoms with Crippen molar-refractivity contribution in [3.8, 4) is 0 Å². The number of hydrogen-bond acceptors (Lipinski definition) is 4. The molecule has 1 rings (SSSR count). The molecule has 5 heteroatoms. The Labute approximate surface area is 82.8 Å². The van der Waals surface area contributed by atoms with E-state index < -0.39 is 9.84 Å². The van der Waals surface area contributed by atoms with Crippen LogP contribution in [-0.4, -0.2) is 26.2 Å². The highest BCUT2D eigenvalue weighted by molar-refractivity contribution is 7.90. The molecule has 0 N–H and O–H groups in total. The van der Waals surface area contributed by atoms with Crippen LogP contribution in [0.3, 0.4) is 0 Å². The molecule has 0 amide bonds. The van der Waals surface area contributed by atoms with Crippen LogP contribution in [0.2, 0.25) is 0 Å². The van der Waals surface area contributed by atoms with Crippen LogP contribution in [0.4, 0.5) is 0 Å². The first kappa shape index (κ1) is 11.0. The van der Waals surface area contributed by atoms with Gasteiger partial charge in [-0.15, -0.1) is 0 Å². The van der Waals surface area contributed by atoms with Gasteiger partial charge in [-0.2, -0.15) is 0 Å². The third-order valence-corrected chi connectivity index (χ3v) is 2.80. The molecule has 14 heavy (non-hydrogen) atoms. The Morgan fingerprint density at radius 1 is 1.50 bits per heavy atom. The number of Topliss-reactive ketones (excluding diaryl/α,β-unsaturated/α-hetero) is 1. The van der Waals surface area contributed by atoms with Gasteiger partial charge in [0.2, 0.25) is 0 Å². The van der Waals surface area contributed by atoms with Crippen molar-refractivity contribution >= 4 is 15.6 Å². The minimum Gasteiger partial charge on any atom is -0.469 e. The summed E-state index contributed by atoms with van der Waals surface area (Å²) in [4.78, 5) is 11.4. The number of sulfone groups is 1. The Morgan fingerprint density at radius 3 is 2.57 bits per heavy atom. The van der Waals surface area contributed by atoms with Gasteiger partial charge in [0.1, 0.15) is 15.6 Å². The molecule has 0 aromatic carbocycles. The average molecular weight is 216 g/mol. The van der Waals surface area contributed by atoms with E-state index in [1.807, 2.05) is 0 Å². The van der Waals surface area contributed by atoms with Gasteiger partial charge in [0, 0.05) is 12.7 Å². The van der Waals surface area contributed by atoms with Crippen molar-refractivity contribution in [2.75, 3.05) is 12.0 Å². The smallest absolute Gasteiger partial charge is 0.167 e. The molecule has 4 nitrogen and oxygen atoms in total. The van der Waals surface area contributed by atoms with Crippen molar-refractivity contribution in [2.24, 2.45) is 0 Å². The first-order chi connectivity index (χ1) is 6.40. The molecule has 78 valence electrons. The van der Waals surface area contributed by atoms with E-state index in [9.17, 15) is 13.2 Å². The van der Waals surface area contributed by atoms with Gasteiger partial charge in [0.15, 0.2) is 5.78 Å². The van der Waals surface area contributed by atoms with Gasteiger partial charge in [-0.1, -0.05) is 0 Å². The molecule has 1 aromatic heterocycles. The minimum atomic E-state index is -3.07. The SMILES string of the molecule is Cc1occc1C(=O)CCS(C)(=O)=O. The number of rotatable bonds is 4. The van der Waals surface area contributed by atoms with Crippen molar-refractivity contribution in [2.45, 2.75) is 13.3 Å². The predicted octanol–water partition coefficient (Wildman–Crippen LogP) is 1.21. The molecule has 0 bridgehead atoms. The first-order valence-electron chi connectivity index (χ1n) is 4.15. The van der Waals surface area contributed by atoms with Crippen LogP contribution in [-0.2, 0) is 9.84 Å². The van der Waals surface area contributed by atoms with E-state index in [-0.39, 0.29) is 18.0 Å². The Kier molecular flexibility index (Phi) is 3.10. The second-order valence-corrected chi connectivity index (χ2v) is 5.45. The molecule has 0 fully saturated rings. The summed E-state index contributed by atoms with van der Waals surface area (Å²) >= 11 is 0. The van der Waals surface area contributed by atoms with Gasteiger partial charge in [-0.25, -0.2) is 8.42 Å². The lowest BCUT2D eigenvalue weighted by Crippen LogP contribution is -2.09. The third-order valence-electron chi connectivity index (χ3n) is 1.86. The van der Waals surface area contributed by atoms with Crippen LogP contribution in [0.1, 0.15) is 22.5 Å². The monoisotopic (exact) mass is 216 g/mol. The van der Waals surface area contributed by atoms with Crippen molar-refractivity contribution in [1.29, 1.82) is 0 Å². The molecular weight excluding hydrogens is 204 g/mol. The molecule has 0 saturated heterocycles. The number of carbonyl (C=O) groups excluding carboxylic acids is 1. The maximum Gasteiger partial charge on any atom is 0.167 e. The minimum absolute atomic E-state index is 0.0131. The third kappa shape index (κ3) is 2.99. The summed E-state index contributed by atoms with van der Waals surface area (Å²) in [6.45, 7) is 1.67. The first-order valence-corrected chi connectivity index (χ1v) is 6.21. The van der Waals surface area contributed by atoms with Crippen molar-refractivity contribution < 1.29 is 17.6 Å². The summed E-state index contributed by atoms with van der Waals surface area (Å²) in [7, 11) is -3.07. The highest BCUT2D eigenvalue weighted by Gasteiger charge is 2.13. The largest absolute Gasteiger partial charge is 0.469 e. The molecular formula is C9H12O4S. The van der Waals surface area contributed by atoms with Gasteiger partial charge in [-0.3, -0.25) is 4.79 Å². The molecule has 1 heterocycles. The topological polar surface area (TPSA) is 64.3 Å². The van der Waals surface area contributed by atoms with Crippen LogP contribution in [0.15, 0.2) is 16.7 Å². The second-order valence-electron chi connectivity index (χ2n) is 3.19. The van der Waals surface area contributed by atoms with Crippen molar-refractivity contribution in [3.63, 3.8) is 0 Å². The zero-order valence-corrected chi connectivity index (χ0v) is 8.93. The number of carbonyl (C=O) groups is 1. The molecule has 1 aromatic rings. The van der Waals surface area contributed by atoms with E-state index in [0.717, 1.165) is 6.26 Å². The average Bonchev–Trinajstić information content (AvgIpc) is 2.46. The van der Waals surface area contributed by atoms with E-state index in [0.29, 0.717) is 11.3 Å². The van der Waals surface area contributed by atoms with E-state index in [1.54, 1.807) is 13.0 Å². The summed E-state index contributed by atoms with van der Waals surface area (Å²) in [5.74, 6) is 0.223. The molecule has 0 aliphatic carbocycles. The quantitative estimate of drug-likeness (QED) is 0.709. The summed E-state index contributed by atoms with van der Waals surface area (Å²) < 4.78 is 26.6. The van der Waals surface area contributed by atoms with E-state index in [1.165, 1.54) is 6.26 Å². The summed E-state index contributed by atoms with van der Waals surface area (Å²) in [5, 5.41) is 0. The van der Waals surface area contributed by atoms with Crippen LogP contribution in [0, 0.1) is 6.92 Å². The Hall–Kier alpha value is -1.10. The zero-order chi connectivity index (χ0) is 10.8. The van der Waals surface area contributed by atoms with Crippen molar-refractivity contribution in [3.05, 3.63) is 23.7 Å². The van der Waals surface area contributed by atoms with Gasteiger partial charge in [0.25, 0.3) is 0 Å². The van der Waals surface area contributed by atoms with E-state index in [2.05, 4.69) is 0 Å². The number of ketones is 1. The molecule has 0 radical (unpaired) electrons. The lowest BCUT2D eigenvalue weighted by molar-refractivity contribution is 0.0987. The molecule has 0 aliphatic rings. The fourth-order valence-corrected chi connectivity index (χ4v) is 1.64. The second kappa shape index (κ2) is 3.96. The van der Waals surface area contributed by atoms with Gasteiger partial charge in [0.05, 0.1) is 17.6 Å². The maximum absolute atomic E-state index is 11.4. The molecule has 0 spiro atoms. The number of furan rings is 1. The predicted molar refractivity (Wildman–Crippen MR) is 52.1 cm³/mol. The van der Waals surface area contributed by atoms with E-state index >= 15 is 0 Å². The highest BCUT2D eigenvalue weighted by atomic mass is 32.2. The van der Waals surface area contributed by atoms with Crippen LogP contribution < -0.4 is 0 Å². The van der Waals surface area contributed by atoms with E-state index in [4.69, 9.17) is 4.42 Å². The van der Waals surface area contributed by atoms with Crippen LogP contribution in [0.5, 0.6) is 0 Å². The number of hydrogen-bond donors (Lipinski definition) is 0. The normalized spacial score (nSPS) is 11.6. The highest BCUT2D eigenvalue weighted by Crippen LogP contribution is 2.11. The van der Waals surface area contributed by atoms with Crippen LogP contribution >= 0.6 is 0 Å². The Balaban J connectivity index is 2.65. The summed E-state index contributed by atoms with van der Waals surface area (Å²) in [6, 6.07) is 1.56. The lowest BCUT2D eigenvalue weighted by Gasteiger charge is -1.97. The van der Waals surface area contributed by atoms with Gasteiger partial charge < -0.3 is 4.42 Å². The fraction of sp³-hybridized carbons (Fsp3) is 0.444. The van der Waals surface area contributed by atoms with Crippen LogP contribution in [0.25, 0.3) is 0 Å². The number of aryl methyl sites for hydroxylation is 1. The standard InChI is InChI=1S/C9H12O4S/c1-7-8(3-5-13-7)9(10)4-6-14(2,11)12/h3,5H,4,6H2,1-2H3. The van der Waals surface area contributed by atoms with Crippen molar-refractivity contribution in [1.82, 2.24) is 0 Å². The summed E-state index contributed by atoms with van der Waals surface area (Å²) in [6.07, 6.45) is 2.55. The molecule has 0 aliphatic heterocycles. The van der Waals surface area contributed by atoms with Gasteiger partial charge >= 0.3 is 0 Å². The van der Waals surface area contributed by atoms with Gasteiger partial charge in [-0.05, 0) is 13.0 Å². The summed E-state index contributed by atoms with van der Waals surface area (Å²) in [5.41, 5.74) is 0.466. The molecule has 0 unspecified atom stereocenters. The Bertz CT molecular complexity index is 427. The fourth-order valence-electron chi connectivity index (χ4n) is 1.09. The molecule has 0 saturated carbocycles. The zero-order valence-electron chi connectivity index (χ0n) is 8.11. The molecule has 0 atom stereocenters. The Morgan fingerprint density at radius 2 is 2.14 bits per heavy atom. The lowest BCUT2D eigenvalue weighted by atomic mass is 10.1. The maximum atomic E-state index is 11.4.